The Labute approximate surface area is 533 Å². The van der Waals surface area contributed by atoms with E-state index in [4.69, 9.17) is 14.2 Å². The van der Waals surface area contributed by atoms with Crippen molar-refractivity contribution >= 4 is 11.9 Å². The van der Waals surface area contributed by atoms with Crippen LogP contribution in [0.2, 0.25) is 0 Å². The number of nitrogens with one attached hydrogen (secondary N) is 1. The summed E-state index contributed by atoms with van der Waals surface area (Å²) in [7, 11) is 0. The lowest BCUT2D eigenvalue weighted by molar-refractivity contribution is -0.305. The number of carbonyl (C=O) groups excluding carboxylic acids is 2. The molecule has 6 N–H and O–H groups in total. The fourth-order valence-corrected chi connectivity index (χ4v) is 10.8. The first-order chi connectivity index (χ1) is 42.7. The van der Waals surface area contributed by atoms with Crippen molar-refractivity contribution in [2.45, 2.75) is 359 Å². The van der Waals surface area contributed by atoms with Crippen LogP contribution in [0.1, 0.15) is 310 Å². The van der Waals surface area contributed by atoms with E-state index in [1.165, 1.54) is 154 Å². The minimum Gasteiger partial charge on any atom is -0.454 e. The van der Waals surface area contributed by atoms with Crippen LogP contribution in [0.15, 0.2) is 97.2 Å². The summed E-state index contributed by atoms with van der Waals surface area (Å²) < 4.78 is 17.7. The lowest BCUT2D eigenvalue weighted by atomic mass is 9.99. The molecule has 1 amide bonds. The van der Waals surface area contributed by atoms with Crippen molar-refractivity contribution in [1.82, 2.24) is 5.32 Å². The van der Waals surface area contributed by atoms with Gasteiger partial charge in [-0.2, -0.15) is 0 Å². The van der Waals surface area contributed by atoms with E-state index in [0.29, 0.717) is 12.8 Å². The van der Waals surface area contributed by atoms with Gasteiger partial charge in [-0.05, 0) is 109 Å². The fraction of sp³-hybridized carbons (Fsp3) is 0.763. The summed E-state index contributed by atoms with van der Waals surface area (Å²) in [5.41, 5.74) is 0. The molecule has 0 bridgehead atoms. The van der Waals surface area contributed by atoms with Gasteiger partial charge in [0, 0.05) is 6.42 Å². The molecule has 8 unspecified atom stereocenters. The topological polar surface area (TPSA) is 175 Å². The van der Waals surface area contributed by atoms with Gasteiger partial charge in [0.15, 0.2) is 12.4 Å². The molecule has 1 heterocycles. The Morgan fingerprint density at radius 1 is 0.448 bits per heavy atom. The second-order valence-electron chi connectivity index (χ2n) is 24.6. The van der Waals surface area contributed by atoms with E-state index in [2.05, 4.69) is 111 Å². The number of esters is 1. The van der Waals surface area contributed by atoms with E-state index in [1.54, 1.807) is 6.08 Å². The SMILES string of the molecule is CCCCC/C=C\C/C=C\C/C=C\C/C=C\CCCCCCCCCCCCC(O)C(=O)NC(COC1OC(CO)C(O)C(O)C1OC(=O)CCCCCCCCCC/C=C\C/C=C\C/C=C\CCCCC)C(O)/C=C/CCCCCCCCCCC. The Bertz CT molecular complexity index is 1790. The molecule has 0 radical (unpaired) electrons. The third kappa shape index (κ3) is 50.0. The Balaban J connectivity index is 2.56. The highest BCUT2D eigenvalue weighted by molar-refractivity contribution is 5.80. The predicted molar refractivity (Wildman–Crippen MR) is 365 cm³/mol. The highest BCUT2D eigenvalue weighted by atomic mass is 16.7. The number of aliphatic hydroxyl groups is 5. The summed E-state index contributed by atoms with van der Waals surface area (Å²) >= 11 is 0. The molecule has 0 aliphatic carbocycles. The zero-order valence-electron chi connectivity index (χ0n) is 55.9. The van der Waals surface area contributed by atoms with Crippen molar-refractivity contribution in [3.8, 4) is 0 Å². The Morgan fingerprint density at radius 2 is 0.793 bits per heavy atom. The summed E-state index contributed by atoms with van der Waals surface area (Å²) in [5, 5.41) is 57.2. The average Bonchev–Trinajstić information content (AvgIpc) is 1.30. The largest absolute Gasteiger partial charge is 0.454 e. The summed E-state index contributed by atoms with van der Waals surface area (Å²) in [5.74, 6) is -1.20. The zero-order chi connectivity index (χ0) is 63.1. The zero-order valence-corrected chi connectivity index (χ0v) is 55.9. The number of allylic oxidation sites excluding steroid dienone is 15. The number of ether oxygens (including phenoxy) is 3. The maximum Gasteiger partial charge on any atom is 0.306 e. The van der Waals surface area contributed by atoms with Gasteiger partial charge in [0.05, 0.1) is 25.4 Å². The number of amides is 1. The van der Waals surface area contributed by atoms with E-state index in [9.17, 15) is 35.1 Å². The molecule has 8 atom stereocenters. The van der Waals surface area contributed by atoms with Crippen molar-refractivity contribution in [3.63, 3.8) is 0 Å². The monoisotopic (exact) mass is 1220 g/mol. The smallest absolute Gasteiger partial charge is 0.306 e. The maximum atomic E-state index is 13.5. The lowest BCUT2D eigenvalue weighted by Crippen LogP contribution is -2.61. The molecule has 0 spiro atoms. The third-order valence-electron chi connectivity index (χ3n) is 16.5. The molecule has 1 rings (SSSR count). The third-order valence-corrected chi connectivity index (χ3v) is 16.5. The van der Waals surface area contributed by atoms with Crippen molar-refractivity contribution in [3.05, 3.63) is 97.2 Å². The maximum absolute atomic E-state index is 13.5. The summed E-state index contributed by atoms with van der Waals surface area (Å²) in [4.78, 5) is 26.7. The minimum absolute atomic E-state index is 0.112. The number of unbranched alkanes of at least 4 members (excludes halogenated alkanes) is 33. The highest BCUT2D eigenvalue weighted by Gasteiger charge is 2.47. The number of hydrogen-bond donors (Lipinski definition) is 6. The molecule has 0 saturated carbocycles. The van der Waals surface area contributed by atoms with Crippen LogP contribution in [0.5, 0.6) is 0 Å². The van der Waals surface area contributed by atoms with Gasteiger partial charge in [-0.3, -0.25) is 9.59 Å². The first-order valence-electron chi connectivity index (χ1n) is 36.0. The summed E-state index contributed by atoms with van der Waals surface area (Å²) in [6.07, 6.45) is 74.4. The molecule has 0 aromatic carbocycles. The van der Waals surface area contributed by atoms with Gasteiger partial charge in [0.25, 0.3) is 0 Å². The molecule has 11 nitrogen and oxygen atoms in total. The van der Waals surface area contributed by atoms with Crippen LogP contribution in [-0.4, -0.2) is 99.6 Å². The van der Waals surface area contributed by atoms with Crippen LogP contribution >= 0.6 is 0 Å². The van der Waals surface area contributed by atoms with Crippen LogP contribution in [0.3, 0.4) is 0 Å². The number of aliphatic hydroxyl groups excluding tert-OH is 5. The number of carbonyl (C=O) groups is 2. The Morgan fingerprint density at radius 3 is 1.21 bits per heavy atom. The molecule has 502 valence electrons. The van der Waals surface area contributed by atoms with E-state index >= 15 is 0 Å². The van der Waals surface area contributed by atoms with Crippen LogP contribution in [0.4, 0.5) is 0 Å². The molecule has 11 heteroatoms. The summed E-state index contributed by atoms with van der Waals surface area (Å²) in [6.45, 7) is 5.74. The first-order valence-corrected chi connectivity index (χ1v) is 36.0. The lowest BCUT2D eigenvalue weighted by Gasteiger charge is -2.41. The molecular weight excluding hydrogens is 1090 g/mol. The average molecular weight is 1220 g/mol. The van der Waals surface area contributed by atoms with E-state index in [1.807, 2.05) is 6.08 Å². The number of rotatable bonds is 61. The standard InChI is InChI=1S/C76H133NO10/c1-4-7-10-13-16-19-22-24-26-28-30-32-33-34-35-36-38-39-41-43-45-48-51-54-57-60-63-69(80)75(84)77-67(68(79)62-59-56-53-50-47-21-18-15-12-9-6-3)66-85-76-74(73(83)72(82)70(65-78)86-76)87-71(81)64-61-58-55-52-49-46-44-42-40-37-31-29-27-25-23-20-17-14-11-8-5-2/h16-17,19-20,24-27,30-32,34-35,37,59,62,67-70,72-74,76,78-80,82-83H,4-15,18,21-23,28-29,33,36,38-58,60-61,63-66H2,1-3H3,(H,77,84)/b19-16-,20-17-,26-24-,27-25-,32-30-,35-34-,37-31-,62-59+. The van der Waals surface area contributed by atoms with E-state index < -0.39 is 67.4 Å². The summed E-state index contributed by atoms with van der Waals surface area (Å²) in [6, 6.07) is -1.03. The van der Waals surface area contributed by atoms with Gasteiger partial charge in [0.2, 0.25) is 5.91 Å². The van der Waals surface area contributed by atoms with Gasteiger partial charge >= 0.3 is 5.97 Å². The van der Waals surface area contributed by atoms with Crippen LogP contribution < -0.4 is 5.32 Å². The Kier molecular flexibility index (Phi) is 58.9. The van der Waals surface area contributed by atoms with Crippen molar-refractivity contribution in [2.75, 3.05) is 13.2 Å². The second-order valence-corrected chi connectivity index (χ2v) is 24.6. The minimum atomic E-state index is -1.62. The second kappa shape index (κ2) is 62.8. The quantitative estimate of drug-likeness (QED) is 0.0195. The molecule has 87 heavy (non-hydrogen) atoms. The van der Waals surface area contributed by atoms with Crippen LogP contribution in [-0.2, 0) is 23.8 Å². The molecule has 1 fully saturated rings. The van der Waals surface area contributed by atoms with Crippen molar-refractivity contribution in [2.24, 2.45) is 0 Å². The first kappa shape index (κ1) is 81.6. The molecule has 0 aromatic heterocycles. The van der Waals surface area contributed by atoms with Gasteiger partial charge in [-0.15, -0.1) is 0 Å². The van der Waals surface area contributed by atoms with Crippen LogP contribution in [0.25, 0.3) is 0 Å². The van der Waals surface area contributed by atoms with Crippen LogP contribution in [0, 0.1) is 0 Å². The van der Waals surface area contributed by atoms with Crippen molar-refractivity contribution in [1.29, 1.82) is 0 Å². The molecule has 1 aliphatic rings. The van der Waals surface area contributed by atoms with Gasteiger partial charge in [-0.1, -0.05) is 291 Å². The highest BCUT2D eigenvalue weighted by Crippen LogP contribution is 2.26. The van der Waals surface area contributed by atoms with Crippen molar-refractivity contribution < 1.29 is 49.3 Å². The normalized spacial score (nSPS) is 18.8. The van der Waals surface area contributed by atoms with Gasteiger partial charge < -0.3 is 45.1 Å². The molecule has 1 saturated heterocycles. The predicted octanol–water partition coefficient (Wildman–Crippen LogP) is 18.6. The van der Waals surface area contributed by atoms with Gasteiger partial charge in [-0.25, -0.2) is 0 Å². The molecule has 1 aliphatic heterocycles. The number of hydrogen-bond acceptors (Lipinski definition) is 10. The fourth-order valence-electron chi connectivity index (χ4n) is 10.8. The molecular formula is C76H133NO10. The van der Waals surface area contributed by atoms with E-state index in [-0.39, 0.29) is 19.4 Å². The molecule has 0 aromatic rings. The van der Waals surface area contributed by atoms with E-state index in [0.717, 1.165) is 109 Å². The Hall–Kier alpha value is -3.42. The van der Waals surface area contributed by atoms with Gasteiger partial charge in [0.1, 0.15) is 24.4 Å².